The van der Waals surface area contributed by atoms with Crippen LogP contribution in [-0.4, -0.2) is 57.9 Å². The molecule has 0 saturated carbocycles. The van der Waals surface area contributed by atoms with Crippen molar-refractivity contribution in [2.45, 2.75) is 21.3 Å². The van der Waals surface area contributed by atoms with Gasteiger partial charge >= 0.3 is 0 Å². The Labute approximate surface area is 459 Å². The van der Waals surface area contributed by atoms with Gasteiger partial charge in [0.1, 0.15) is 11.6 Å². The Morgan fingerprint density at radius 3 is 1.23 bits per heavy atom. The minimum atomic E-state index is 0. The van der Waals surface area contributed by atoms with Gasteiger partial charge in [0.25, 0.3) is 0 Å². The summed E-state index contributed by atoms with van der Waals surface area (Å²) >= 11 is 0. The maximum absolute atomic E-state index is 4.81. The van der Waals surface area contributed by atoms with E-state index in [2.05, 4.69) is 77.2 Å². The Balaban J connectivity index is 0.000000163. The molecule has 0 fully saturated rings. The fourth-order valence-electron chi connectivity index (χ4n) is 7.79. The van der Waals surface area contributed by atoms with Crippen LogP contribution in [0.4, 0.5) is 45.8 Å². The SMILES string of the molecule is C.CN1C=CN(c2[c-]cccc2)[CH-]1.CN1C=CN(c2[c-]cccc2)[CH-]1.Cc1ccccc1-c1ncc2c(n1)N(C)[CH-]N2c1[c-]cccc1.Cc1ccccc1-c1ncc2c(n1)N(c1[c-]cccc1)[CH-]N2C.[Ir].[Ir]. The van der Waals surface area contributed by atoms with Crippen LogP contribution in [0.3, 0.4) is 0 Å². The third-order valence-electron chi connectivity index (χ3n) is 11.4. The molecule has 8 aromatic rings. The summed E-state index contributed by atoms with van der Waals surface area (Å²) in [6, 6.07) is 60.7. The second-order valence-corrected chi connectivity index (χ2v) is 16.6. The number of fused-ring (bicyclic) bond motifs is 2. The average molecular weight is 1320 g/mol. The number of rotatable bonds is 6. The molecule has 0 unspecified atom stereocenters. The molecule has 4 aliphatic rings. The van der Waals surface area contributed by atoms with Gasteiger partial charge in [-0.1, -0.05) is 56.0 Å². The predicted molar refractivity (Wildman–Crippen MR) is 289 cm³/mol. The topological polar surface area (TPSA) is 77.5 Å². The molecule has 0 N–H and O–H groups in total. The molecule has 2 radical (unpaired) electrons. The van der Waals surface area contributed by atoms with Crippen molar-refractivity contribution in [3.63, 3.8) is 0 Å². The summed E-state index contributed by atoms with van der Waals surface area (Å²) in [5.74, 6) is 3.27. The van der Waals surface area contributed by atoms with E-state index in [9.17, 15) is 0 Å². The summed E-state index contributed by atoms with van der Waals surface area (Å²) in [5, 5.41) is 0. The quantitative estimate of drug-likeness (QED) is 0.149. The van der Waals surface area contributed by atoms with Crippen LogP contribution in [0.1, 0.15) is 18.6 Å². The third kappa shape index (κ3) is 13.2. The van der Waals surface area contributed by atoms with E-state index in [0.717, 1.165) is 68.5 Å². The van der Waals surface area contributed by atoms with Crippen LogP contribution >= 0.6 is 0 Å². The second-order valence-electron chi connectivity index (χ2n) is 16.6. The zero-order valence-electron chi connectivity index (χ0n) is 40.7. The van der Waals surface area contributed by atoms with Crippen LogP contribution < -0.4 is 29.4 Å². The molecule has 0 atom stereocenters. The number of hydrogen-bond acceptors (Lipinski definition) is 12. The summed E-state index contributed by atoms with van der Waals surface area (Å²) < 4.78 is 0. The van der Waals surface area contributed by atoms with E-state index >= 15 is 0 Å². The first-order chi connectivity index (χ1) is 34.2. The van der Waals surface area contributed by atoms with Crippen LogP contribution in [0.25, 0.3) is 22.8 Å². The number of hydrogen-bond donors (Lipinski definition) is 0. The van der Waals surface area contributed by atoms with Gasteiger partial charge in [-0.25, -0.2) is 19.9 Å². The first-order valence-corrected chi connectivity index (χ1v) is 22.7. The Kier molecular flexibility index (Phi) is 19.5. The van der Waals surface area contributed by atoms with E-state index in [1.165, 1.54) is 11.1 Å². The molecule has 2 aromatic heterocycles. The maximum Gasteiger partial charge on any atom is 0.161 e. The third-order valence-corrected chi connectivity index (χ3v) is 11.4. The minimum Gasteiger partial charge on any atom is -0.510 e. The molecule has 14 heteroatoms. The van der Waals surface area contributed by atoms with Crippen molar-refractivity contribution in [3.8, 4) is 22.8 Å². The summed E-state index contributed by atoms with van der Waals surface area (Å²) in [4.78, 5) is 34.9. The molecule has 0 amide bonds. The van der Waals surface area contributed by atoms with Crippen LogP contribution in [0.15, 0.2) is 183 Å². The molecule has 378 valence electrons. The maximum atomic E-state index is 4.81. The zero-order valence-corrected chi connectivity index (χ0v) is 45.5. The predicted octanol–water partition coefficient (Wildman–Crippen LogP) is 12.2. The van der Waals surface area contributed by atoms with E-state index in [-0.39, 0.29) is 47.6 Å². The Hall–Kier alpha value is -7.34. The van der Waals surface area contributed by atoms with Gasteiger partial charge in [0.05, 0.1) is 23.8 Å². The van der Waals surface area contributed by atoms with E-state index in [4.69, 9.17) is 9.97 Å². The van der Waals surface area contributed by atoms with Crippen LogP contribution in [0, 0.1) is 64.8 Å². The van der Waals surface area contributed by atoms with E-state index in [1.54, 1.807) is 0 Å². The number of para-hydroxylation sites is 4. The average Bonchev–Trinajstić information content (AvgIpc) is 4.21. The second kappa shape index (κ2) is 25.9. The summed E-state index contributed by atoms with van der Waals surface area (Å²) in [5.41, 5.74) is 10.5. The van der Waals surface area contributed by atoms with E-state index in [1.807, 2.05) is 248 Å². The molecule has 0 aliphatic carbocycles. The molecule has 12 rings (SSSR count). The standard InChI is InChI=1S/2C19H16N4.2C10H10N2.CH4.2Ir/c1-14-8-6-7-11-16(14)18-20-12-17-19(21-18)22(2)13-23(17)15-9-4-3-5-10-15;1-14-8-6-7-11-16(14)18-20-12-17-19(21-18)23(13-22(17)2)15-9-4-3-5-10-15;2*1-11-7-8-12(9-11)10-5-3-2-4-6-10;;;/h2*3-9,11-13H,1-2H3;2*2-5,7-9H,1H3;1H4;;/q4*-2;;;. The number of benzene rings is 6. The Bertz CT molecular complexity index is 2970. The molecule has 6 heterocycles. The fourth-order valence-corrected chi connectivity index (χ4v) is 7.79. The van der Waals surface area contributed by atoms with Crippen LogP contribution in [0.2, 0.25) is 0 Å². The van der Waals surface area contributed by atoms with Gasteiger partial charge in [-0.15, -0.1) is 22.7 Å². The minimum absolute atomic E-state index is 0. The first-order valence-electron chi connectivity index (χ1n) is 22.7. The van der Waals surface area contributed by atoms with Gasteiger partial charge in [-0.2, -0.15) is 148 Å². The van der Waals surface area contributed by atoms with Gasteiger partial charge in [0, 0.05) is 51.3 Å². The van der Waals surface area contributed by atoms with Gasteiger partial charge in [0.15, 0.2) is 11.6 Å². The molecule has 0 bridgehead atoms. The normalized spacial score (nSPS) is 13.6. The van der Waals surface area contributed by atoms with Crippen molar-refractivity contribution in [2.75, 3.05) is 57.6 Å². The van der Waals surface area contributed by atoms with Crippen LogP contribution in [-0.2, 0) is 40.2 Å². The van der Waals surface area contributed by atoms with Crippen molar-refractivity contribution in [2.24, 2.45) is 0 Å². The molecular formula is C59H56Ir2N12-8. The molecule has 6 aromatic carbocycles. The molecule has 0 spiro atoms. The first kappa shape index (κ1) is 55.0. The molecule has 4 aliphatic heterocycles. The van der Waals surface area contributed by atoms with Crippen molar-refractivity contribution in [1.29, 1.82) is 0 Å². The number of aryl methyl sites for hydroxylation is 2. The monoisotopic (exact) mass is 1320 g/mol. The van der Waals surface area contributed by atoms with Gasteiger partial charge in [-0.3, -0.25) is 0 Å². The van der Waals surface area contributed by atoms with E-state index in [0.29, 0.717) is 0 Å². The van der Waals surface area contributed by atoms with E-state index < -0.39 is 0 Å². The zero-order chi connectivity index (χ0) is 48.4. The molecule has 73 heavy (non-hydrogen) atoms. The van der Waals surface area contributed by atoms with Gasteiger partial charge in [-0.05, 0) is 78.0 Å². The van der Waals surface area contributed by atoms with Gasteiger partial charge in [0.2, 0.25) is 0 Å². The largest absolute Gasteiger partial charge is 0.510 e. The van der Waals surface area contributed by atoms with Crippen molar-refractivity contribution < 1.29 is 40.2 Å². The van der Waals surface area contributed by atoms with Crippen LogP contribution in [0.5, 0.6) is 0 Å². The number of anilines is 8. The summed E-state index contributed by atoms with van der Waals surface area (Å²) in [6.45, 7) is 12.2. The van der Waals surface area contributed by atoms with Crippen molar-refractivity contribution >= 4 is 45.8 Å². The van der Waals surface area contributed by atoms with Crippen molar-refractivity contribution in [1.82, 2.24) is 29.7 Å². The molecule has 12 nitrogen and oxygen atoms in total. The Morgan fingerprint density at radius 2 is 0.808 bits per heavy atom. The molecular weight excluding hydrogens is 1260 g/mol. The van der Waals surface area contributed by atoms with Crippen molar-refractivity contribution in [3.05, 3.63) is 245 Å². The summed E-state index contributed by atoms with van der Waals surface area (Å²) in [7, 11) is 7.99. The Morgan fingerprint density at radius 1 is 0.411 bits per heavy atom. The fraction of sp³-hybridized carbons (Fsp3) is 0.119. The molecule has 0 saturated heterocycles. The summed E-state index contributed by atoms with van der Waals surface area (Å²) in [6.07, 6.45) is 11.8. The smallest absolute Gasteiger partial charge is 0.161 e. The van der Waals surface area contributed by atoms with Gasteiger partial charge < -0.3 is 39.2 Å². The number of aromatic nitrogens is 4. The number of nitrogens with zero attached hydrogens (tertiary/aromatic N) is 12.